The molecular formula is C33H46O9. The number of carbonyl (C=O) groups excluding carboxylic acids is 3. The summed E-state index contributed by atoms with van der Waals surface area (Å²) < 4.78 is 14.1. The van der Waals surface area contributed by atoms with Gasteiger partial charge in [-0.05, 0) is 37.8 Å². The maximum Gasteiger partial charge on any atom is 0.337 e. The molecule has 42 heavy (non-hydrogen) atoms. The molecule has 0 heterocycles. The van der Waals surface area contributed by atoms with Crippen LogP contribution < -0.4 is 0 Å². The molecule has 1 aromatic rings. The highest BCUT2D eigenvalue weighted by atomic mass is 16.5. The second-order valence-corrected chi connectivity index (χ2v) is 8.78. The molecule has 0 saturated carbocycles. The van der Waals surface area contributed by atoms with Gasteiger partial charge in [0.05, 0.1) is 25.9 Å². The van der Waals surface area contributed by atoms with Crippen molar-refractivity contribution >= 4 is 30.0 Å². The molecule has 0 saturated heterocycles. The number of methoxy groups -OCH3 is 1. The Balaban J connectivity index is 0. The lowest BCUT2D eigenvalue weighted by atomic mass is 10.1. The fraction of sp³-hybridized carbons (Fsp3) is 0.394. The molecule has 0 aromatic heterocycles. The van der Waals surface area contributed by atoms with E-state index >= 15 is 0 Å². The van der Waals surface area contributed by atoms with Crippen LogP contribution in [0.4, 0.5) is 0 Å². The van der Waals surface area contributed by atoms with Crippen LogP contribution in [0.5, 0.6) is 0 Å². The third-order valence-electron chi connectivity index (χ3n) is 5.21. The van der Waals surface area contributed by atoms with Gasteiger partial charge in [-0.2, -0.15) is 0 Å². The predicted molar refractivity (Wildman–Crippen MR) is 164 cm³/mol. The van der Waals surface area contributed by atoms with Crippen molar-refractivity contribution in [3.8, 4) is 0 Å². The van der Waals surface area contributed by atoms with Gasteiger partial charge < -0.3 is 24.4 Å². The average molecular weight is 587 g/mol. The lowest BCUT2D eigenvalue weighted by molar-refractivity contribution is -0.140. The molecule has 0 aliphatic rings. The number of carbonyl (C=O) groups is 4. The van der Waals surface area contributed by atoms with Crippen LogP contribution in [0.25, 0.3) is 6.08 Å². The number of ether oxygens (including phenoxy) is 3. The molecule has 0 unspecified atom stereocenters. The van der Waals surface area contributed by atoms with E-state index < -0.39 is 11.9 Å². The van der Waals surface area contributed by atoms with Gasteiger partial charge in [-0.15, -0.1) is 0 Å². The lowest BCUT2D eigenvalue weighted by Gasteiger charge is -2.04. The third-order valence-corrected chi connectivity index (χ3v) is 5.21. The SMILES string of the molecule is C=C(C=C(C)C(=O)O)C(=O)OCCO.C=C(CC)C(=O)OCCCCCC.C=C(CC=Cc1ccccc1)C(=O)OC. The predicted octanol–water partition coefficient (Wildman–Crippen LogP) is 6.00. The first-order chi connectivity index (χ1) is 19.9. The van der Waals surface area contributed by atoms with Crippen molar-refractivity contribution in [1.29, 1.82) is 0 Å². The zero-order valence-electron chi connectivity index (χ0n) is 25.4. The van der Waals surface area contributed by atoms with Gasteiger partial charge in [0.1, 0.15) is 6.61 Å². The van der Waals surface area contributed by atoms with Gasteiger partial charge in [0.25, 0.3) is 0 Å². The smallest absolute Gasteiger partial charge is 0.337 e. The van der Waals surface area contributed by atoms with Gasteiger partial charge in [-0.1, -0.05) is 95.3 Å². The van der Waals surface area contributed by atoms with E-state index in [0.29, 0.717) is 30.6 Å². The van der Waals surface area contributed by atoms with Crippen LogP contribution in [-0.2, 0) is 33.4 Å². The fourth-order valence-corrected chi connectivity index (χ4v) is 2.68. The molecule has 232 valence electrons. The van der Waals surface area contributed by atoms with Crippen LogP contribution >= 0.6 is 0 Å². The van der Waals surface area contributed by atoms with E-state index in [2.05, 4.69) is 36.1 Å². The number of rotatable bonds is 16. The van der Waals surface area contributed by atoms with E-state index in [1.54, 1.807) is 0 Å². The first kappa shape index (κ1) is 39.9. The highest BCUT2D eigenvalue weighted by Crippen LogP contribution is 2.07. The second kappa shape index (κ2) is 25.7. The summed E-state index contributed by atoms with van der Waals surface area (Å²) in [7, 11) is 1.36. The monoisotopic (exact) mass is 586 g/mol. The third kappa shape index (κ3) is 21.6. The zero-order valence-corrected chi connectivity index (χ0v) is 25.4. The van der Waals surface area contributed by atoms with Crippen molar-refractivity contribution in [2.45, 2.75) is 59.3 Å². The zero-order chi connectivity index (χ0) is 32.3. The minimum absolute atomic E-state index is 0.00375. The topological polar surface area (TPSA) is 136 Å². The molecule has 0 atom stereocenters. The van der Waals surface area contributed by atoms with Gasteiger partial charge in [-0.3, -0.25) is 0 Å². The van der Waals surface area contributed by atoms with Gasteiger partial charge in [0.2, 0.25) is 0 Å². The summed E-state index contributed by atoms with van der Waals surface area (Å²) in [4.78, 5) is 43.4. The molecule has 9 heteroatoms. The number of carboxylic acids is 1. The van der Waals surface area contributed by atoms with E-state index in [1.165, 1.54) is 26.9 Å². The fourth-order valence-electron chi connectivity index (χ4n) is 2.68. The molecule has 1 aromatic carbocycles. The summed E-state index contributed by atoms with van der Waals surface area (Å²) in [5, 5.41) is 16.8. The summed E-state index contributed by atoms with van der Waals surface area (Å²) in [5.41, 5.74) is 2.07. The van der Waals surface area contributed by atoms with Crippen LogP contribution in [0.2, 0.25) is 0 Å². The number of aliphatic hydroxyl groups is 1. The summed E-state index contributed by atoms with van der Waals surface area (Å²) in [5.74, 6) is -2.45. The number of esters is 3. The first-order valence-electron chi connectivity index (χ1n) is 13.7. The Kier molecular flexibility index (Phi) is 24.4. The molecule has 0 aliphatic heterocycles. The minimum Gasteiger partial charge on any atom is -0.478 e. The summed E-state index contributed by atoms with van der Waals surface area (Å²) in [6, 6.07) is 9.89. The van der Waals surface area contributed by atoms with Crippen molar-refractivity contribution in [3.63, 3.8) is 0 Å². The Labute approximate surface area is 249 Å². The maximum atomic E-state index is 11.1. The highest BCUT2D eigenvalue weighted by molar-refractivity contribution is 5.95. The molecule has 0 spiro atoms. The quantitative estimate of drug-likeness (QED) is 0.0785. The Morgan fingerprint density at radius 1 is 0.857 bits per heavy atom. The number of carboxylic acid groups (broad SMARTS) is 1. The second-order valence-electron chi connectivity index (χ2n) is 8.78. The Bertz CT molecular complexity index is 1070. The summed E-state index contributed by atoms with van der Waals surface area (Å²) in [6.07, 6.45) is 10.7. The van der Waals surface area contributed by atoms with Crippen LogP contribution in [0, 0.1) is 0 Å². The number of allylic oxidation sites excluding steroid dienone is 1. The number of benzene rings is 1. The highest BCUT2D eigenvalue weighted by Gasteiger charge is 2.08. The van der Waals surface area contributed by atoms with Crippen molar-refractivity contribution in [2.24, 2.45) is 0 Å². The molecule has 0 amide bonds. The van der Waals surface area contributed by atoms with Crippen LogP contribution in [0.1, 0.15) is 64.9 Å². The lowest BCUT2D eigenvalue weighted by Crippen LogP contribution is -2.10. The first-order valence-corrected chi connectivity index (χ1v) is 13.7. The number of unbranched alkanes of at least 4 members (excludes halogenated alkanes) is 3. The van der Waals surface area contributed by atoms with Crippen LogP contribution in [0.15, 0.2) is 84.5 Å². The number of aliphatic hydroxyl groups excluding tert-OH is 1. The normalized spacial score (nSPS) is 10.3. The molecule has 9 nitrogen and oxygen atoms in total. The molecular weight excluding hydrogens is 540 g/mol. The van der Waals surface area contributed by atoms with Crippen molar-refractivity contribution in [3.05, 3.63) is 90.1 Å². The van der Waals surface area contributed by atoms with E-state index in [9.17, 15) is 19.2 Å². The van der Waals surface area contributed by atoms with E-state index in [4.69, 9.17) is 14.9 Å². The van der Waals surface area contributed by atoms with E-state index in [0.717, 1.165) is 24.5 Å². The van der Waals surface area contributed by atoms with Crippen LogP contribution in [0.3, 0.4) is 0 Å². The van der Waals surface area contributed by atoms with Crippen molar-refractivity contribution in [2.75, 3.05) is 26.9 Å². The van der Waals surface area contributed by atoms with Crippen LogP contribution in [-0.4, -0.2) is 61.0 Å². The van der Waals surface area contributed by atoms with Gasteiger partial charge >= 0.3 is 23.9 Å². The maximum absolute atomic E-state index is 11.1. The summed E-state index contributed by atoms with van der Waals surface area (Å²) >= 11 is 0. The van der Waals surface area contributed by atoms with Crippen molar-refractivity contribution < 1.29 is 43.6 Å². The van der Waals surface area contributed by atoms with Gasteiger partial charge in [0.15, 0.2) is 0 Å². The largest absolute Gasteiger partial charge is 0.478 e. The average Bonchev–Trinajstić information content (AvgIpc) is 2.99. The molecule has 0 radical (unpaired) electrons. The Morgan fingerprint density at radius 3 is 2.00 bits per heavy atom. The molecule has 2 N–H and O–H groups in total. The van der Waals surface area contributed by atoms with E-state index in [1.807, 2.05) is 49.4 Å². The molecule has 0 aliphatic carbocycles. The molecule has 0 fully saturated rings. The number of hydrogen-bond acceptors (Lipinski definition) is 8. The van der Waals surface area contributed by atoms with Gasteiger partial charge in [-0.25, -0.2) is 19.2 Å². The number of aliphatic carboxylic acids is 1. The molecule has 0 bridgehead atoms. The molecule has 1 rings (SSSR count). The van der Waals surface area contributed by atoms with E-state index in [-0.39, 0.29) is 36.3 Å². The standard InChI is InChI=1S/C13H14O2.C11H20O2.C9H12O5/c1-11(13(14)15-2)7-6-10-12-8-4-3-5-9-12;1-4-6-7-8-9-13-11(12)10(3)5-2;1-6(8(11)12)5-7(2)9(13)14-4-3-10/h3-6,8-10H,1,7H2,2H3;3-9H2,1-2H3;5,10H,2-4H2,1H3,(H,11,12). The summed E-state index contributed by atoms with van der Waals surface area (Å²) in [6.45, 7) is 16.1. The van der Waals surface area contributed by atoms with Crippen molar-refractivity contribution in [1.82, 2.24) is 0 Å². The Hall–Kier alpha value is -4.24. The van der Waals surface area contributed by atoms with Gasteiger partial charge in [0, 0.05) is 16.7 Å². The minimum atomic E-state index is -1.12. The number of hydrogen-bond donors (Lipinski definition) is 2. The Morgan fingerprint density at radius 2 is 1.48 bits per heavy atom.